The van der Waals surface area contributed by atoms with E-state index < -0.39 is 0 Å². The van der Waals surface area contributed by atoms with E-state index in [4.69, 9.17) is 0 Å². The fourth-order valence-corrected chi connectivity index (χ4v) is 17.0. The van der Waals surface area contributed by atoms with Gasteiger partial charge in [0, 0.05) is 11.3 Å². The second kappa shape index (κ2) is 5.46. The molecule has 6 heteroatoms. The van der Waals surface area contributed by atoms with Crippen molar-refractivity contribution in [1.82, 2.24) is 0 Å². The molecule has 0 aromatic rings. The van der Waals surface area contributed by atoms with Crippen molar-refractivity contribution in [2.24, 2.45) is 11.3 Å². The number of carbonyl (C=O) groups excluding carboxylic acids is 1. The summed E-state index contributed by atoms with van der Waals surface area (Å²) in [5, 5.41) is 0.800. The Morgan fingerprint density at radius 2 is 1.59 bits per heavy atom. The van der Waals surface area contributed by atoms with Crippen LogP contribution in [0.2, 0.25) is 0 Å². The Morgan fingerprint density at radius 1 is 1.09 bits per heavy atom. The second-order valence-electron chi connectivity index (χ2n) is 7.51. The molecule has 0 spiro atoms. The zero-order valence-corrected chi connectivity index (χ0v) is 18.5. The Bertz CT molecular complexity index is 483. The van der Waals surface area contributed by atoms with Crippen LogP contribution >= 0.6 is 58.8 Å². The molecule has 4 rings (SSSR count). The maximum atomic E-state index is 12.5. The standard InChI is InChI=1S/C16H26OS5/c1-8-9(2)11(17)18-10-12-19-15(6)13(3,4)16(7,20-12)22-14(10,5)21-15/h9-10,12H,8H2,1-7H3. The Labute approximate surface area is 156 Å². The SMILES string of the molecule is CCC(C)C(=O)SC1C2SC3(C)SC1(C)SC(C)(S2)C3(C)C. The molecular weight excluding hydrogens is 369 g/mol. The van der Waals surface area contributed by atoms with E-state index >= 15 is 0 Å². The van der Waals surface area contributed by atoms with Crippen LogP contribution in [0.3, 0.4) is 0 Å². The number of carbonyl (C=O) groups is 1. The first kappa shape index (κ1) is 18.2. The van der Waals surface area contributed by atoms with Gasteiger partial charge in [-0.1, -0.05) is 39.5 Å². The van der Waals surface area contributed by atoms with E-state index in [1.807, 2.05) is 0 Å². The minimum atomic E-state index is 0.147. The van der Waals surface area contributed by atoms with Crippen molar-refractivity contribution in [3.05, 3.63) is 0 Å². The van der Waals surface area contributed by atoms with E-state index in [-0.39, 0.29) is 23.6 Å². The minimum absolute atomic E-state index is 0.147. The van der Waals surface area contributed by atoms with Gasteiger partial charge in [0.2, 0.25) is 0 Å². The molecule has 4 fully saturated rings. The summed E-state index contributed by atoms with van der Waals surface area (Å²) in [5.74, 6) is 0.179. The molecule has 126 valence electrons. The van der Waals surface area contributed by atoms with Gasteiger partial charge in [-0.2, -0.15) is 0 Å². The van der Waals surface area contributed by atoms with Gasteiger partial charge in [0.1, 0.15) is 0 Å². The topological polar surface area (TPSA) is 17.1 Å². The van der Waals surface area contributed by atoms with E-state index in [0.717, 1.165) is 6.42 Å². The van der Waals surface area contributed by atoms with E-state index in [1.165, 1.54) is 0 Å². The Morgan fingerprint density at radius 3 is 2.00 bits per heavy atom. The van der Waals surface area contributed by atoms with Gasteiger partial charge in [-0.3, -0.25) is 4.79 Å². The van der Waals surface area contributed by atoms with Crippen LogP contribution in [0.15, 0.2) is 0 Å². The molecule has 0 amide bonds. The number of rotatable bonds is 3. The third-order valence-electron chi connectivity index (χ3n) is 5.77. The summed E-state index contributed by atoms with van der Waals surface area (Å²) in [4.78, 5) is 12.5. The van der Waals surface area contributed by atoms with Gasteiger partial charge in [-0.25, -0.2) is 0 Å². The minimum Gasteiger partial charge on any atom is -0.287 e. The summed E-state index contributed by atoms with van der Waals surface area (Å²) in [6.07, 6.45) is 0.947. The fraction of sp³-hybridized carbons (Fsp3) is 0.938. The highest BCUT2D eigenvalue weighted by atomic mass is 32.3. The van der Waals surface area contributed by atoms with Crippen molar-refractivity contribution in [2.75, 3.05) is 0 Å². The first-order chi connectivity index (χ1) is 9.98. The summed E-state index contributed by atoms with van der Waals surface area (Å²) in [6.45, 7) is 16.3. The Balaban J connectivity index is 1.90. The van der Waals surface area contributed by atoms with Gasteiger partial charge in [0.15, 0.2) is 5.12 Å². The summed E-state index contributed by atoms with van der Waals surface area (Å²) in [7, 11) is 0. The van der Waals surface area contributed by atoms with Crippen molar-refractivity contribution in [3.63, 3.8) is 0 Å². The summed E-state index contributed by atoms with van der Waals surface area (Å²) in [5.41, 5.74) is 0.275. The smallest absolute Gasteiger partial charge is 0.192 e. The van der Waals surface area contributed by atoms with E-state index in [0.29, 0.717) is 14.9 Å². The lowest BCUT2D eigenvalue weighted by Gasteiger charge is -2.72. The maximum absolute atomic E-state index is 12.5. The van der Waals surface area contributed by atoms with Crippen LogP contribution in [-0.4, -0.2) is 27.2 Å². The number of thioether (sulfide) groups is 5. The molecule has 0 aromatic heterocycles. The summed E-state index contributed by atoms with van der Waals surface area (Å²) < 4.78 is 1.17. The number of hydrogen-bond acceptors (Lipinski definition) is 6. The molecule has 4 aliphatic heterocycles. The summed E-state index contributed by atoms with van der Waals surface area (Å²) >= 11 is 10.1. The molecule has 0 aromatic carbocycles. The third kappa shape index (κ3) is 2.37. The van der Waals surface area contributed by atoms with Crippen LogP contribution in [-0.2, 0) is 4.79 Å². The average molecular weight is 395 g/mol. The molecule has 4 bridgehead atoms. The Hall–Kier alpha value is 1.42. The molecule has 0 N–H and O–H groups in total. The van der Waals surface area contributed by atoms with Gasteiger partial charge in [0.05, 0.1) is 22.1 Å². The molecule has 0 saturated carbocycles. The third-order valence-corrected chi connectivity index (χ3v) is 16.2. The molecule has 4 saturated heterocycles. The second-order valence-corrected chi connectivity index (χ2v) is 16.6. The van der Waals surface area contributed by atoms with Gasteiger partial charge in [-0.15, -0.1) is 47.0 Å². The van der Waals surface area contributed by atoms with Crippen molar-refractivity contribution in [3.8, 4) is 0 Å². The van der Waals surface area contributed by atoms with Crippen LogP contribution in [0.25, 0.3) is 0 Å². The summed E-state index contributed by atoms with van der Waals surface area (Å²) in [6, 6.07) is 0. The van der Waals surface area contributed by atoms with E-state index in [1.54, 1.807) is 11.8 Å². The lowest BCUT2D eigenvalue weighted by atomic mass is 9.84. The predicted octanol–water partition coefficient (Wildman–Crippen LogP) is 6.14. The maximum Gasteiger partial charge on any atom is 0.192 e. The highest BCUT2D eigenvalue weighted by molar-refractivity contribution is 8.39. The molecule has 0 aliphatic carbocycles. The van der Waals surface area contributed by atoms with Crippen LogP contribution in [0, 0.1) is 11.3 Å². The highest BCUT2D eigenvalue weighted by Gasteiger charge is 2.73. The van der Waals surface area contributed by atoms with Gasteiger partial charge < -0.3 is 0 Å². The average Bonchev–Trinajstić information content (AvgIpc) is 2.37. The zero-order valence-electron chi connectivity index (χ0n) is 14.4. The van der Waals surface area contributed by atoms with E-state index in [9.17, 15) is 4.79 Å². The van der Waals surface area contributed by atoms with Crippen molar-refractivity contribution < 1.29 is 4.79 Å². The van der Waals surface area contributed by atoms with Crippen LogP contribution in [0.1, 0.15) is 54.9 Å². The molecule has 0 radical (unpaired) electrons. The molecule has 4 unspecified atom stereocenters. The van der Waals surface area contributed by atoms with Crippen LogP contribution < -0.4 is 0 Å². The molecule has 22 heavy (non-hydrogen) atoms. The Kier molecular flexibility index (Phi) is 4.52. The van der Waals surface area contributed by atoms with Gasteiger partial charge in [0.25, 0.3) is 0 Å². The van der Waals surface area contributed by atoms with Crippen molar-refractivity contribution >= 4 is 63.9 Å². The predicted molar refractivity (Wildman–Crippen MR) is 109 cm³/mol. The van der Waals surface area contributed by atoms with Crippen LogP contribution in [0.4, 0.5) is 0 Å². The van der Waals surface area contributed by atoms with E-state index in [2.05, 4.69) is 95.5 Å². The van der Waals surface area contributed by atoms with Gasteiger partial charge in [-0.05, 0) is 27.2 Å². The largest absolute Gasteiger partial charge is 0.287 e. The quantitative estimate of drug-likeness (QED) is 0.568. The van der Waals surface area contributed by atoms with Crippen LogP contribution in [0.5, 0.6) is 0 Å². The van der Waals surface area contributed by atoms with Crippen molar-refractivity contribution in [1.29, 1.82) is 0 Å². The zero-order chi connectivity index (χ0) is 16.6. The highest BCUT2D eigenvalue weighted by Crippen LogP contribution is 2.84. The monoisotopic (exact) mass is 394 g/mol. The fourth-order valence-electron chi connectivity index (χ4n) is 3.33. The molecule has 4 aliphatic rings. The molecule has 4 atom stereocenters. The number of hydrogen-bond donors (Lipinski definition) is 0. The molecular formula is C16H26OS5. The normalized spacial score (nSPS) is 50.1. The first-order valence-corrected chi connectivity index (χ1v) is 12.2. The lowest BCUT2D eigenvalue weighted by molar-refractivity contribution is -0.114. The lowest BCUT2D eigenvalue weighted by Crippen LogP contribution is -2.68. The molecule has 4 heterocycles. The first-order valence-electron chi connectivity index (χ1n) is 7.94. The molecule has 1 nitrogen and oxygen atoms in total. The van der Waals surface area contributed by atoms with Crippen molar-refractivity contribution in [2.45, 2.75) is 77.0 Å². The van der Waals surface area contributed by atoms with Gasteiger partial charge >= 0.3 is 0 Å².